The molecule has 3 N–H and O–H groups in total. The van der Waals surface area contributed by atoms with E-state index in [1.54, 1.807) is 0 Å². The van der Waals surface area contributed by atoms with Gasteiger partial charge in [0, 0.05) is 17.6 Å². The molecule has 6 heteroatoms. The number of fused-ring (bicyclic) bond motifs is 1. The molecule has 0 radical (unpaired) electrons. The van der Waals surface area contributed by atoms with Crippen molar-refractivity contribution < 1.29 is 14.0 Å². The lowest BCUT2D eigenvalue weighted by molar-refractivity contribution is -0.116. The maximum atomic E-state index is 14.0. The zero-order valence-electron chi connectivity index (χ0n) is 12.5. The molecule has 0 bridgehead atoms. The van der Waals surface area contributed by atoms with Gasteiger partial charge in [0.1, 0.15) is 5.82 Å². The monoisotopic (exact) mass is 293 g/mol. The summed E-state index contributed by atoms with van der Waals surface area (Å²) in [6.45, 7) is 5.91. The van der Waals surface area contributed by atoms with Crippen molar-refractivity contribution in [3.8, 4) is 0 Å². The van der Waals surface area contributed by atoms with Crippen molar-refractivity contribution in [1.82, 2.24) is 5.32 Å². The first kappa shape index (κ1) is 15.4. The molecule has 0 atom stereocenters. The lowest BCUT2D eigenvalue weighted by Crippen LogP contribution is -2.41. The average molecular weight is 293 g/mol. The van der Waals surface area contributed by atoms with E-state index in [4.69, 9.17) is 0 Å². The lowest BCUT2D eigenvalue weighted by Gasteiger charge is -2.21. The van der Waals surface area contributed by atoms with Crippen molar-refractivity contribution in [2.75, 3.05) is 17.2 Å². The van der Waals surface area contributed by atoms with E-state index in [0.29, 0.717) is 18.5 Å². The molecule has 0 fully saturated rings. The quantitative estimate of drug-likeness (QED) is 0.798. The van der Waals surface area contributed by atoms with Crippen molar-refractivity contribution >= 4 is 23.2 Å². The molecule has 1 aliphatic rings. The highest BCUT2D eigenvalue weighted by atomic mass is 19.1. The fraction of sp³-hybridized carbons (Fsp3) is 0.467. The summed E-state index contributed by atoms with van der Waals surface area (Å²) in [4.78, 5) is 23.2. The lowest BCUT2D eigenvalue weighted by atomic mass is 10.0. The Morgan fingerprint density at radius 3 is 2.71 bits per heavy atom. The second-order valence-electron chi connectivity index (χ2n) is 6.19. The minimum Gasteiger partial charge on any atom is -0.326 e. The summed E-state index contributed by atoms with van der Waals surface area (Å²) >= 11 is 0. The Balaban J connectivity index is 2.08. The summed E-state index contributed by atoms with van der Waals surface area (Å²) < 4.78 is 14.0. The molecule has 21 heavy (non-hydrogen) atoms. The average Bonchev–Trinajstić information content (AvgIpc) is 2.37. The number of rotatable bonds is 3. The Kier molecular flexibility index (Phi) is 4.27. The summed E-state index contributed by atoms with van der Waals surface area (Å²) in [6.07, 6.45) is 0.867. The molecule has 0 saturated heterocycles. The van der Waals surface area contributed by atoms with Gasteiger partial charge in [-0.3, -0.25) is 9.59 Å². The Morgan fingerprint density at radius 1 is 1.33 bits per heavy atom. The number of anilines is 2. The predicted octanol–water partition coefficient (Wildman–Crippen LogP) is 2.04. The third kappa shape index (κ3) is 4.26. The molecule has 114 valence electrons. The summed E-state index contributed by atoms with van der Waals surface area (Å²) in [5, 5.41) is 8.23. The molecule has 1 aromatic carbocycles. The standard InChI is InChI=1S/C15H20FN3O2/c1-15(2,3)17-8-14(21)19-12-7-11-9(6-10(12)16)4-5-13(20)18-11/h6-7,17H,4-5,8H2,1-3H3,(H,18,20)(H,19,21). The molecule has 1 aromatic rings. The predicted molar refractivity (Wildman–Crippen MR) is 79.7 cm³/mol. The van der Waals surface area contributed by atoms with Crippen LogP contribution < -0.4 is 16.0 Å². The molecule has 5 nitrogen and oxygen atoms in total. The minimum atomic E-state index is -0.492. The Labute approximate surface area is 123 Å². The number of hydrogen-bond donors (Lipinski definition) is 3. The van der Waals surface area contributed by atoms with Gasteiger partial charge in [0.25, 0.3) is 0 Å². The highest BCUT2D eigenvalue weighted by Crippen LogP contribution is 2.28. The maximum absolute atomic E-state index is 14.0. The second-order valence-corrected chi connectivity index (χ2v) is 6.19. The number of benzene rings is 1. The van der Waals surface area contributed by atoms with E-state index in [1.165, 1.54) is 12.1 Å². The number of halogens is 1. The molecule has 1 aliphatic heterocycles. The van der Waals surface area contributed by atoms with Gasteiger partial charge in [0.15, 0.2) is 0 Å². The van der Waals surface area contributed by atoms with E-state index in [2.05, 4.69) is 16.0 Å². The molecular weight excluding hydrogens is 273 g/mol. The van der Waals surface area contributed by atoms with Crippen LogP contribution in [0.15, 0.2) is 12.1 Å². The van der Waals surface area contributed by atoms with Crippen molar-refractivity contribution in [2.45, 2.75) is 39.2 Å². The summed E-state index contributed by atoms with van der Waals surface area (Å²) in [5.41, 5.74) is 1.20. The maximum Gasteiger partial charge on any atom is 0.238 e. The Morgan fingerprint density at radius 2 is 2.05 bits per heavy atom. The topological polar surface area (TPSA) is 70.2 Å². The summed E-state index contributed by atoms with van der Waals surface area (Å²) in [5.74, 6) is -0.916. The van der Waals surface area contributed by atoms with E-state index in [1.807, 2.05) is 20.8 Å². The van der Waals surface area contributed by atoms with Crippen molar-refractivity contribution in [3.63, 3.8) is 0 Å². The molecule has 0 aliphatic carbocycles. The van der Waals surface area contributed by atoms with Crippen LogP contribution in [0.4, 0.5) is 15.8 Å². The van der Waals surface area contributed by atoms with Gasteiger partial charge >= 0.3 is 0 Å². The van der Waals surface area contributed by atoms with Gasteiger partial charge in [-0.2, -0.15) is 0 Å². The van der Waals surface area contributed by atoms with Crippen molar-refractivity contribution in [1.29, 1.82) is 0 Å². The first-order chi connectivity index (χ1) is 9.74. The smallest absolute Gasteiger partial charge is 0.238 e. The van der Waals surface area contributed by atoms with Gasteiger partial charge in [-0.25, -0.2) is 4.39 Å². The number of hydrogen-bond acceptors (Lipinski definition) is 3. The van der Waals surface area contributed by atoms with Crippen LogP contribution in [-0.4, -0.2) is 23.9 Å². The van der Waals surface area contributed by atoms with Crippen LogP contribution in [-0.2, 0) is 16.0 Å². The SMILES string of the molecule is CC(C)(C)NCC(=O)Nc1cc2c(cc1F)CCC(=O)N2. The van der Waals surface area contributed by atoms with Crippen molar-refractivity contribution in [2.24, 2.45) is 0 Å². The largest absolute Gasteiger partial charge is 0.326 e. The van der Waals surface area contributed by atoms with Gasteiger partial charge in [0.2, 0.25) is 11.8 Å². The molecule has 0 aromatic heterocycles. The number of amides is 2. The number of carbonyl (C=O) groups is 2. The zero-order valence-corrected chi connectivity index (χ0v) is 12.5. The normalized spacial score (nSPS) is 14.4. The number of nitrogens with one attached hydrogen (secondary N) is 3. The highest BCUT2D eigenvalue weighted by Gasteiger charge is 2.19. The Bertz CT molecular complexity index is 579. The summed E-state index contributed by atoms with van der Waals surface area (Å²) in [7, 11) is 0. The minimum absolute atomic E-state index is 0.0802. The molecule has 1 heterocycles. The highest BCUT2D eigenvalue weighted by molar-refractivity contribution is 5.97. The third-order valence-corrected chi connectivity index (χ3v) is 3.14. The van der Waals surface area contributed by atoms with E-state index in [9.17, 15) is 14.0 Å². The van der Waals surface area contributed by atoms with Crippen LogP contribution in [0.2, 0.25) is 0 Å². The van der Waals surface area contributed by atoms with E-state index in [0.717, 1.165) is 5.56 Å². The van der Waals surface area contributed by atoms with Crippen LogP contribution in [0.25, 0.3) is 0 Å². The van der Waals surface area contributed by atoms with Crippen LogP contribution in [0.3, 0.4) is 0 Å². The van der Waals surface area contributed by atoms with Crippen LogP contribution in [0, 0.1) is 5.82 Å². The first-order valence-corrected chi connectivity index (χ1v) is 6.92. The van der Waals surface area contributed by atoms with E-state index in [-0.39, 0.29) is 29.6 Å². The van der Waals surface area contributed by atoms with E-state index < -0.39 is 5.82 Å². The molecule has 0 unspecified atom stereocenters. The first-order valence-electron chi connectivity index (χ1n) is 6.92. The zero-order chi connectivity index (χ0) is 15.6. The van der Waals surface area contributed by atoms with Gasteiger partial charge in [0.05, 0.1) is 12.2 Å². The Hall–Kier alpha value is -1.95. The molecule has 0 spiro atoms. The fourth-order valence-corrected chi connectivity index (χ4v) is 2.03. The number of aryl methyl sites for hydroxylation is 1. The van der Waals surface area contributed by atoms with Gasteiger partial charge in [-0.15, -0.1) is 0 Å². The van der Waals surface area contributed by atoms with Gasteiger partial charge < -0.3 is 16.0 Å². The molecule has 2 amide bonds. The molecule has 0 saturated carbocycles. The van der Waals surface area contributed by atoms with Crippen LogP contribution in [0.5, 0.6) is 0 Å². The molecular formula is C15H20FN3O2. The van der Waals surface area contributed by atoms with Crippen molar-refractivity contribution in [3.05, 3.63) is 23.5 Å². The van der Waals surface area contributed by atoms with Gasteiger partial charge in [-0.05, 0) is 44.9 Å². The van der Waals surface area contributed by atoms with E-state index >= 15 is 0 Å². The fourth-order valence-electron chi connectivity index (χ4n) is 2.03. The summed E-state index contributed by atoms with van der Waals surface area (Å²) in [6, 6.07) is 2.83. The van der Waals surface area contributed by atoms with Gasteiger partial charge in [-0.1, -0.05) is 0 Å². The number of carbonyl (C=O) groups excluding carboxylic acids is 2. The van der Waals surface area contributed by atoms with Crippen LogP contribution in [0.1, 0.15) is 32.8 Å². The second kappa shape index (κ2) is 5.81. The third-order valence-electron chi connectivity index (χ3n) is 3.14. The van der Waals surface area contributed by atoms with Crippen LogP contribution >= 0.6 is 0 Å². The molecule has 2 rings (SSSR count).